The molecule has 0 spiro atoms. The molecule has 1 fully saturated rings. The van der Waals surface area contributed by atoms with Gasteiger partial charge in [0, 0.05) is 18.1 Å². The topological polar surface area (TPSA) is 32.5 Å². The summed E-state index contributed by atoms with van der Waals surface area (Å²) in [5.41, 5.74) is 6.00. The summed E-state index contributed by atoms with van der Waals surface area (Å²) in [6.07, 6.45) is 2.42. The summed E-state index contributed by atoms with van der Waals surface area (Å²) in [5.74, 6) is 0. The predicted octanol–water partition coefficient (Wildman–Crippen LogP) is 1.53. The molecule has 0 aromatic rings. The fourth-order valence-corrected chi connectivity index (χ4v) is 2.50. The lowest BCUT2D eigenvalue weighted by Crippen LogP contribution is -2.39. The van der Waals surface area contributed by atoms with Crippen molar-refractivity contribution in [2.24, 2.45) is 5.73 Å². The molecule has 3 heteroatoms. The van der Waals surface area contributed by atoms with Gasteiger partial charge in [-0.1, -0.05) is 13.8 Å². The predicted molar refractivity (Wildman–Crippen MR) is 70.6 cm³/mol. The highest BCUT2D eigenvalue weighted by molar-refractivity contribution is 4.84. The van der Waals surface area contributed by atoms with Crippen LogP contribution in [0.5, 0.6) is 0 Å². The van der Waals surface area contributed by atoms with Crippen molar-refractivity contribution in [3.63, 3.8) is 0 Å². The quantitative estimate of drug-likeness (QED) is 0.747. The Morgan fingerprint density at radius 2 is 1.94 bits per heavy atom. The van der Waals surface area contributed by atoms with Crippen molar-refractivity contribution in [1.29, 1.82) is 0 Å². The minimum absolute atomic E-state index is 0.0205. The molecule has 1 saturated heterocycles. The highest BCUT2D eigenvalue weighted by Crippen LogP contribution is 2.16. The van der Waals surface area contributed by atoms with E-state index >= 15 is 0 Å². The fraction of sp³-hybridized carbons (Fsp3) is 1.00. The highest BCUT2D eigenvalue weighted by atomic mass is 15.2. The normalized spacial score (nSPS) is 23.2. The molecule has 0 saturated carbocycles. The SMILES string of the molecule is CCN(CC)C1CCN(CCC(C)(C)N)C1. The molecule has 0 aromatic carbocycles. The van der Waals surface area contributed by atoms with Crippen LogP contribution in [0.2, 0.25) is 0 Å². The molecule has 1 aliphatic heterocycles. The van der Waals surface area contributed by atoms with Gasteiger partial charge in [-0.25, -0.2) is 0 Å². The van der Waals surface area contributed by atoms with Gasteiger partial charge < -0.3 is 10.6 Å². The van der Waals surface area contributed by atoms with E-state index in [-0.39, 0.29) is 5.54 Å². The van der Waals surface area contributed by atoms with E-state index in [4.69, 9.17) is 5.73 Å². The van der Waals surface area contributed by atoms with Gasteiger partial charge in [0.2, 0.25) is 0 Å². The molecule has 1 aliphatic rings. The van der Waals surface area contributed by atoms with Crippen molar-refractivity contribution in [3.05, 3.63) is 0 Å². The lowest BCUT2D eigenvalue weighted by Gasteiger charge is -2.27. The second kappa shape index (κ2) is 5.99. The Kier molecular flexibility index (Phi) is 5.22. The Labute approximate surface area is 101 Å². The van der Waals surface area contributed by atoms with Crippen LogP contribution in [-0.4, -0.2) is 54.1 Å². The van der Waals surface area contributed by atoms with Crippen molar-refractivity contribution in [3.8, 4) is 0 Å². The second-order valence-electron chi connectivity index (χ2n) is 5.70. The summed E-state index contributed by atoms with van der Waals surface area (Å²) in [5, 5.41) is 0. The zero-order valence-electron chi connectivity index (χ0n) is 11.5. The third-order valence-corrected chi connectivity index (χ3v) is 3.65. The van der Waals surface area contributed by atoms with Crippen LogP contribution in [0.25, 0.3) is 0 Å². The fourth-order valence-electron chi connectivity index (χ4n) is 2.50. The molecule has 0 aromatic heterocycles. The number of nitrogens with two attached hydrogens (primary N) is 1. The van der Waals surface area contributed by atoms with Gasteiger partial charge >= 0.3 is 0 Å². The summed E-state index contributed by atoms with van der Waals surface area (Å²) in [6, 6.07) is 0.774. The summed E-state index contributed by atoms with van der Waals surface area (Å²) >= 11 is 0. The minimum atomic E-state index is -0.0205. The third kappa shape index (κ3) is 4.40. The molecule has 3 nitrogen and oxygen atoms in total. The van der Waals surface area contributed by atoms with E-state index < -0.39 is 0 Å². The van der Waals surface area contributed by atoms with Crippen molar-refractivity contribution in [2.75, 3.05) is 32.7 Å². The summed E-state index contributed by atoms with van der Waals surface area (Å²) in [7, 11) is 0. The lowest BCUT2D eigenvalue weighted by molar-refractivity contribution is 0.206. The maximum Gasteiger partial charge on any atom is 0.0235 e. The molecule has 16 heavy (non-hydrogen) atoms. The van der Waals surface area contributed by atoms with Crippen LogP contribution in [-0.2, 0) is 0 Å². The molecular formula is C13H29N3. The first-order valence-corrected chi connectivity index (χ1v) is 6.71. The summed E-state index contributed by atoms with van der Waals surface area (Å²) < 4.78 is 0. The Balaban J connectivity index is 2.29. The number of likely N-dealkylation sites (N-methyl/N-ethyl adjacent to an activating group) is 1. The van der Waals surface area contributed by atoms with E-state index in [1.807, 2.05) is 0 Å². The van der Waals surface area contributed by atoms with Crippen LogP contribution < -0.4 is 5.73 Å². The second-order valence-corrected chi connectivity index (χ2v) is 5.70. The van der Waals surface area contributed by atoms with Gasteiger partial charge in [0.05, 0.1) is 0 Å². The van der Waals surface area contributed by atoms with Crippen LogP contribution in [0.4, 0.5) is 0 Å². The largest absolute Gasteiger partial charge is 0.326 e. The third-order valence-electron chi connectivity index (χ3n) is 3.65. The van der Waals surface area contributed by atoms with Crippen molar-refractivity contribution < 1.29 is 0 Å². The first-order valence-electron chi connectivity index (χ1n) is 6.71. The maximum absolute atomic E-state index is 6.02. The van der Waals surface area contributed by atoms with Gasteiger partial charge in [-0.3, -0.25) is 4.90 Å². The molecule has 0 radical (unpaired) electrons. The molecular weight excluding hydrogens is 198 g/mol. The first kappa shape index (κ1) is 13.9. The van der Waals surface area contributed by atoms with E-state index in [0.717, 1.165) is 19.0 Å². The van der Waals surface area contributed by atoms with Gasteiger partial charge in [-0.15, -0.1) is 0 Å². The molecule has 0 aliphatic carbocycles. The molecule has 1 unspecified atom stereocenters. The average molecular weight is 227 g/mol. The van der Waals surface area contributed by atoms with Crippen LogP contribution in [0.1, 0.15) is 40.5 Å². The molecule has 1 rings (SSSR count). The van der Waals surface area contributed by atoms with Gasteiger partial charge in [0.15, 0.2) is 0 Å². The van der Waals surface area contributed by atoms with E-state index in [1.54, 1.807) is 0 Å². The summed E-state index contributed by atoms with van der Waals surface area (Å²) in [6.45, 7) is 14.7. The zero-order chi connectivity index (χ0) is 12.2. The van der Waals surface area contributed by atoms with Gasteiger partial charge in [0.25, 0.3) is 0 Å². The average Bonchev–Trinajstić information content (AvgIpc) is 2.65. The lowest BCUT2D eigenvalue weighted by atomic mass is 10.0. The van der Waals surface area contributed by atoms with Crippen molar-refractivity contribution >= 4 is 0 Å². The number of rotatable bonds is 6. The van der Waals surface area contributed by atoms with Crippen LogP contribution >= 0.6 is 0 Å². The molecule has 96 valence electrons. The van der Waals surface area contributed by atoms with Gasteiger partial charge in [-0.05, 0) is 52.9 Å². The van der Waals surface area contributed by atoms with Crippen LogP contribution in [0.15, 0.2) is 0 Å². The first-order chi connectivity index (χ1) is 7.46. The Bertz CT molecular complexity index is 194. The van der Waals surface area contributed by atoms with E-state index in [0.29, 0.717) is 0 Å². The van der Waals surface area contributed by atoms with Gasteiger partial charge in [-0.2, -0.15) is 0 Å². The minimum Gasteiger partial charge on any atom is -0.326 e. The molecule has 1 atom stereocenters. The highest BCUT2D eigenvalue weighted by Gasteiger charge is 2.26. The Hall–Kier alpha value is -0.120. The van der Waals surface area contributed by atoms with Gasteiger partial charge in [0.1, 0.15) is 0 Å². The number of hydrogen-bond donors (Lipinski definition) is 1. The van der Waals surface area contributed by atoms with Crippen molar-refractivity contribution in [2.45, 2.75) is 52.1 Å². The Morgan fingerprint density at radius 3 is 2.44 bits per heavy atom. The molecule has 1 heterocycles. The van der Waals surface area contributed by atoms with E-state index in [9.17, 15) is 0 Å². The van der Waals surface area contributed by atoms with Crippen molar-refractivity contribution in [1.82, 2.24) is 9.80 Å². The Morgan fingerprint density at radius 1 is 1.31 bits per heavy atom. The summed E-state index contributed by atoms with van der Waals surface area (Å²) in [4.78, 5) is 5.14. The molecule has 0 amide bonds. The maximum atomic E-state index is 6.02. The standard InChI is InChI=1S/C13H29N3/c1-5-16(6-2)12-7-9-15(11-12)10-8-13(3,4)14/h12H,5-11,14H2,1-4H3. The monoisotopic (exact) mass is 227 g/mol. The number of nitrogens with zero attached hydrogens (tertiary/aromatic N) is 2. The molecule has 2 N–H and O–H groups in total. The number of likely N-dealkylation sites (tertiary alicyclic amines) is 1. The molecule has 0 bridgehead atoms. The number of hydrogen-bond acceptors (Lipinski definition) is 3. The smallest absolute Gasteiger partial charge is 0.0235 e. The van der Waals surface area contributed by atoms with Crippen LogP contribution in [0.3, 0.4) is 0 Å². The van der Waals surface area contributed by atoms with Crippen LogP contribution in [0, 0.1) is 0 Å². The van der Waals surface area contributed by atoms with E-state index in [2.05, 4.69) is 37.5 Å². The zero-order valence-corrected chi connectivity index (χ0v) is 11.5. The van der Waals surface area contributed by atoms with E-state index in [1.165, 1.54) is 32.6 Å².